The van der Waals surface area contributed by atoms with Crippen molar-refractivity contribution in [3.8, 4) is 0 Å². The first-order valence-corrected chi connectivity index (χ1v) is 3.58. The molecule has 1 rings (SSSR count). The minimum atomic E-state index is -0.374. The fourth-order valence-electron chi connectivity index (χ4n) is 0.863. The number of halogens is 2. The third-order valence-corrected chi connectivity index (χ3v) is 1.81. The van der Waals surface area contributed by atoms with Gasteiger partial charge in [-0.15, -0.1) is 0 Å². The highest BCUT2D eigenvalue weighted by Gasteiger charge is 2.04. The molecule has 0 radical (unpaired) electrons. The molecule has 1 aromatic carbocycles. The van der Waals surface area contributed by atoms with Crippen LogP contribution in [0.1, 0.15) is 11.1 Å². The second-order valence-corrected chi connectivity index (χ2v) is 2.77. The van der Waals surface area contributed by atoms with E-state index in [0.29, 0.717) is 16.1 Å². The largest absolute Gasteiger partial charge is 0.392 e. The lowest BCUT2D eigenvalue weighted by atomic mass is 10.1. The van der Waals surface area contributed by atoms with Gasteiger partial charge in [0.2, 0.25) is 0 Å². The van der Waals surface area contributed by atoms with E-state index < -0.39 is 0 Å². The fraction of sp³-hybridized carbons (Fsp3) is 0.250. The molecule has 1 nitrogen and oxygen atoms in total. The molecule has 0 aliphatic carbocycles. The molecule has 3 heteroatoms. The Morgan fingerprint density at radius 1 is 1.55 bits per heavy atom. The summed E-state index contributed by atoms with van der Waals surface area (Å²) in [5, 5.41) is 9.06. The third-order valence-electron chi connectivity index (χ3n) is 1.59. The molecule has 60 valence electrons. The summed E-state index contributed by atoms with van der Waals surface area (Å²) in [6.45, 7) is 1.43. The first kappa shape index (κ1) is 8.50. The second-order valence-electron chi connectivity index (χ2n) is 2.33. The maximum atomic E-state index is 12.8. The molecule has 0 spiro atoms. The number of hydrogen-bond acceptors (Lipinski definition) is 1. The topological polar surface area (TPSA) is 20.2 Å². The van der Waals surface area contributed by atoms with Crippen molar-refractivity contribution in [1.82, 2.24) is 0 Å². The van der Waals surface area contributed by atoms with Gasteiger partial charge in [0.15, 0.2) is 0 Å². The highest BCUT2D eigenvalue weighted by molar-refractivity contribution is 6.30. The maximum absolute atomic E-state index is 12.8. The second kappa shape index (κ2) is 3.20. The summed E-state index contributed by atoms with van der Waals surface area (Å²) in [4.78, 5) is 0. The van der Waals surface area contributed by atoms with E-state index in [1.807, 2.05) is 0 Å². The Labute approximate surface area is 69.4 Å². The van der Waals surface area contributed by atoms with Crippen molar-refractivity contribution < 1.29 is 9.50 Å². The van der Waals surface area contributed by atoms with Crippen molar-refractivity contribution in [3.63, 3.8) is 0 Å². The van der Waals surface area contributed by atoms with E-state index in [1.54, 1.807) is 13.0 Å². The number of hydrogen-bond donors (Lipinski definition) is 1. The molecule has 0 aliphatic heterocycles. The van der Waals surface area contributed by atoms with Crippen LogP contribution in [0.3, 0.4) is 0 Å². The van der Waals surface area contributed by atoms with Crippen LogP contribution in [0.2, 0.25) is 5.02 Å². The Balaban J connectivity index is 3.24. The lowest BCUT2D eigenvalue weighted by Gasteiger charge is -2.03. The van der Waals surface area contributed by atoms with Crippen LogP contribution in [0.25, 0.3) is 0 Å². The minimum absolute atomic E-state index is 0.177. The maximum Gasteiger partial charge on any atom is 0.127 e. The molecule has 0 saturated carbocycles. The molecular formula is C8H8ClFO. The Morgan fingerprint density at radius 2 is 2.18 bits per heavy atom. The van der Waals surface area contributed by atoms with Gasteiger partial charge in [0.05, 0.1) is 6.61 Å². The normalized spacial score (nSPS) is 10.2. The van der Waals surface area contributed by atoms with Crippen LogP contribution in [0, 0.1) is 12.7 Å². The molecule has 0 aliphatic rings. The SMILES string of the molecule is Cc1c(F)cc(Cl)cc1CO. The van der Waals surface area contributed by atoms with Gasteiger partial charge in [-0.3, -0.25) is 0 Å². The summed E-state index contributed by atoms with van der Waals surface area (Å²) in [5.41, 5.74) is 0.993. The van der Waals surface area contributed by atoms with Gasteiger partial charge in [0.25, 0.3) is 0 Å². The molecule has 0 amide bonds. The van der Waals surface area contributed by atoms with Crippen LogP contribution >= 0.6 is 11.6 Å². The lowest BCUT2D eigenvalue weighted by molar-refractivity contribution is 0.280. The predicted octanol–water partition coefficient (Wildman–Crippen LogP) is 2.28. The van der Waals surface area contributed by atoms with Crippen LogP contribution in [0.5, 0.6) is 0 Å². The first-order valence-electron chi connectivity index (χ1n) is 3.20. The summed E-state index contributed by atoms with van der Waals surface area (Å²) in [5.74, 6) is -0.374. The van der Waals surface area contributed by atoms with Crippen molar-refractivity contribution in [1.29, 1.82) is 0 Å². The summed E-state index contributed by atoms with van der Waals surface area (Å²) >= 11 is 5.55. The van der Waals surface area contributed by atoms with Crippen molar-refractivity contribution >= 4 is 11.6 Å². The molecule has 1 N–H and O–H groups in total. The number of aliphatic hydroxyl groups excluding tert-OH is 1. The van der Waals surface area contributed by atoms with E-state index >= 15 is 0 Å². The van der Waals surface area contributed by atoms with Gasteiger partial charge in [-0.05, 0) is 30.2 Å². The molecule has 0 aromatic heterocycles. The summed E-state index contributed by atoms with van der Waals surface area (Å²) in [7, 11) is 0. The smallest absolute Gasteiger partial charge is 0.127 e. The minimum Gasteiger partial charge on any atom is -0.392 e. The quantitative estimate of drug-likeness (QED) is 0.693. The molecule has 0 bridgehead atoms. The van der Waals surface area contributed by atoms with Gasteiger partial charge in [-0.1, -0.05) is 11.6 Å². The highest BCUT2D eigenvalue weighted by atomic mass is 35.5. The van der Waals surface area contributed by atoms with E-state index in [0.717, 1.165) is 0 Å². The monoisotopic (exact) mass is 174 g/mol. The first-order chi connectivity index (χ1) is 5.15. The number of aliphatic hydroxyl groups is 1. The Kier molecular flexibility index (Phi) is 2.47. The Hall–Kier alpha value is -0.600. The molecule has 1 aromatic rings. The molecular weight excluding hydrogens is 167 g/mol. The average Bonchev–Trinajstić information content (AvgIpc) is 1.96. The molecule has 0 atom stereocenters. The van der Waals surface area contributed by atoms with Gasteiger partial charge in [0.1, 0.15) is 5.82 Å². The van der Waals surface area contributed by atoms with Gasteiger partial charge < -0.3 is 5.11 Å². The van der Waals surface area contributed by atoms with Crippen LogP contribution < -0.4 is 0 Å². The molecule has 0 saturated heterocycles. The predicted molar refractivity (Wildman–Crippen MR) is 42.1 cm³/mol. The van der Waals surface area contributed by atoms with Crippen molar-refractivity contribution in [2.24, 2.45) is 0 Å². The summed E-state index contributed by atoms with van der Waals surface area (Å²) < 4.78 is 12.8. The molecule has 0 fully saturated rings. The van der Waals surface area contributed by atoms with Crippen LogP contribution in [0.4, 0.5) is 4.39 Å². The van der Waals surface area contributed by atoms with Gasteiger partial charge in [0, 0.05) is 5.02 Å². The van der Waals surface area contributed by atoms with E-state index in [4.69, 9.17) is 16.7 Å². The summed E-state index contributed by atoms with van der Waals surface area (Å²) in [6, 6.07) is 2.79. The molecule has 0 heterocycles. The van der Waals surface area contributed by atoms with Crippen LogP contribution in [0.15, 0.2) is 12.1 Å². The Morgan fingerprint density at radius 3 is 2.73 bits per heavy atom. The van der Waals surface area contributed by atoms with Crippen molar-refractivity contribution in [2.75, 3.05) is 0 Å². The van der Waals surface area contributed by atoms with Gasteiger partial charge >= 0.3 is 0 Å². The Bertz CT molecular complexity index is 273. The lowest BCUT2D eigenvalue weighted by Crippen LogP contribution is -1.92. The van der Waals surface area contributed by atoms with Crippen molar-refractivity contribution in [2.45, 2.75) is 13.5 Å². The van der Waals surface area contributed by atoms with Gasteiger partial charge in [-0.25, -0.2) is 4.39 Å². The third kappa shape index (κ3) is 1.70. The zero-order valence-electron chi connectivity index (χ0n) is 6.06. The zero-order chi connectivity index (χ0) is 8.43. The standard InChI is InChI=1S/C8H8ClFO/c1-5-6(4-11)2-7(9)3-8(5)10/h2-3,11H,4H2,1H3. The molecule has 11 heavy (non-hydrogen) atoms. The average molecular weight is 175 g/mol. The van der Waals surface area contributed by atoms with E-state index in [-0.39, 0.29) is 12.4 Å². The number of benzene rings is 1. The molecule has 0 unspecified atom stereocenters. The summed E-state index contributed by atoms with van der Waals surface area (Å²) in [6.07, 6.45) is 0. The highest BCUT2D eigenvalue weighted by Crippen LogP contribution is 2.18. The van der Waals surface area contributed by atoms with Crippen molar-refractivity contribution in [3.05, 3.63) is 34.1 Å². The van der Waals surface area contributed by atoms with E-state index in [1.165, 1.54) is 6.07 Å². The zero-order valence-corrected chi connectivity index (χ0v) is 6.82. The van der Waals surface area contributed by atoms with Gasteiger partial charge in [-0.2, -0.15) is 0 Å². The van der Waals surface area contributed by atoms with Crippen LogP contribution in [-0.4, -0.2) is 5.11 Å². The fourth-order valence-corrected chi connectivity index (χ4v) is 1.09. The van der Waals surface area contributed by atoms with Crippen LogP contribution in [-0.2, 0) is 6.61 Å². The van der Waals surface area contributed by atoms with E-state index in [9.17, 15) is 4.39 Å². The van der Waals surface area contributed by atoms with E-state index in [2.05, 4.69) is 0 Å². The number of rotatable bonds is 1.